The summed E-state index contributed by atoms with van der Waals surface area (Å²) in [5.41, 5.74) is 2.12. The van der Waals surface area contributed by atoms with Crippen molar-refractivity contribution in [1.29, 1.82) is 0 Å². The van der Waals surface area contributed by atoms with Crippen molar-refractivity contribution in [3.63, 3.8) is 0 Å². The highest BCUT2D eigenvalue weighted by Crippen LogP contribution is 2.39. The summed E-state index contributed by atoms with van der Waals surface area (Å²) in [6.45, 7) is 1.76. The van der Waals surface area contributed by atoms with Gasteiger partial charge in [-0.15, -0.1) is 0 Å². The first-order valence-electron chi connectivity index (χ1n) is 10.0. The largest absolute Gasteiger partial charge is 0.309 e. The quantitative estimate of drug-likeness (QED) is 0.637. The van der Waals surface area contributed by atoms with E-state index < -0.39 is 21.8 Å². The zero-order valence-electron chi connectivity index (χ0n) is 16.7. The lowest BCUT2D eigenvalue weighted by molar-refractivity contribution is -0.117. The second-order valence-electron chi connectivity index (χ2n) is 7.86. The van der Waals surface area contributed by atoms with Gasteiger partial charge in [-0.1, -0.05) is 24.3 Å². The standard InChI is InChI=1S/C22H20N4O4S/c1-13(21(27)23-20-12-18(24-25-20)15-6-7-15)14-8-10-16(11-9-14)26-22(28)17-4-2-3-5-19(17)31(26,29)30/h2-5,8-13,15H,6-7H2,1H3,(H2,23,24,25,27). The van der Waals surface area contributed by atoms with E-state index in [2.05, 4.69) is 15.5 Å². The summed E-state index contributed by atoms with van der Waals surface area (Å²) in [7, 11) is -3.95. The Morgan fingerprint density at radius 1 is 1.16 bits per heavy atom. The molecule has 3 aromatic rings. The third-order valence-electron chi connectivity index (χ3n) is 5.71. The number of H-pyrrole nitrogens is 1. The molecular formula is C22H20N4O4S. The minimum Gasteiger partial charge on any atom is -0.309 e. The van der Waals surface area contributed by atoms with Crippen LogP contribution in [0.5, 0.6) is 0 Å². The molecule has 1 unspecified atom stereocenters. The van der Waals surface area contributed by atoms with Crippen LogP contribution in [0.4, 0.5) is 11.5 Å². The van der Waals surface area contributed by atoms with Gasteiger partial charge in [0.25, 0.3) is 15.9 Å². The van der Waals surface area contributed by atoms with Crippen LogP contribution in [-0.4, -0.2) is 30.4 Å². The number of hydrogen-bond donors (Lipinski definition) is 2. The van der Waals surface area contributed by atoms with Gasteiger partial charge in [0.05, 0.1) is 17.2 Å². The Morgan fingerprint density at radius 3 is 2.55 bits per heavy atom. The van der Waals surface area contributed by atoms with Crippen LogP contribution in [0.25, 0.3) is 0 Å². The number of aromatic amines is 1. The molecule has 1 fully saturated rings. The maximum atomic E-state index is 12.8. The van der Waals surface area contributed by atoms with E-state index in [0.29, 0.717) is 17.3 Å². The summed E-state index contributed by atoms with van der Waals surface area (Å²) in [6, 6.07) is 14.4. The molecule has 0 saturated heterocycles. The number of hydrogen-bond acceptors (Lipinski definition) is 5. The number of anilines is 2. The Morgan fingerprint density at radius 2 is 1.87 bits per heavy atom. The Labute approximate surface area is 179 Å². The van der Waals surface area contributed by atoms with E-state index >= 15 is 0 Å². The molecule has 9 heteroatoms. The van der Waals surface area contributed by atoms with Gasteiger partial charge in [-0.3, -0.25) is 14.7 Å². The number of amides is 2. The highest BCUT2D eigenvalue weighted by Gasteiger charge is 2.41. The molecular weight excluding hydrogens is 416 g/mol. The maximum Gasteiger partial charge on any atom is 0.273 e. The Kier molecular flexibility index (Phi) is 4.44. The SMILES string of the molecule is CC(C(=O)Nc1cc(C2CC2)[nH]n1)c1ccc(N2C(=O)c3ccccc3S2(=O)=O)cc1. The first kappa shape index (κ1) is 19.5. The van der Waals surface area contributed by atoms with E-state index in [1.165, 1.54) is 12.1 Å². The van der Waals surface area contributed by atoms with Gasteiger partial charge in [-0.2, -0.15) is 9.40 Å². The number of rotatable bonds is 5. The van der Waals surface area contributed by atoms with E-state index in [1.54, 1.807) is 43.3 Å². The number of nitrogens with zero attached hydrogens (tertiary/aromatic N) is 2. The predicted molar refractivity (Wildman–Crippen MR) is 114 cm³/mol. The molecule has 31 heavy (non-hydrogen) atoms. The van der Waals surface area contributed by atoms with Crippen LogP contribution >= 0.6 is 0 Å². The first-order valence-corrected chi connectivity index (χ1v) is 11.4. The summed E-state index contributed by atoms with van der Waals surface area (Å²) in [4.78, 5) is 25.3. The number of sulfonamides is 1. The second-order valence-corrected chi connectivity index (χ2v) is 9.61. The lowest BCUT2D eigenvalue weighted by Gasteiger charge is -2.17. The van der Waals surface area contributed by atoms with Gasteiger partial charge in [0.1, 0.15) is 4.90 Å². The van der Waals surface area contributed by atoms with Gasteiger partial charge in [0.15, 0.2) is 5.82 Å². The molecule has 2 N–H and O–H groups in total. The molecule has 1 aliphatic carbocycles. The van der Waals surface area contributed by atoms with E-state index in [1.807, 2.05) is 6.07 Å². The molecule has 158 valence electrons. The first-order chi connectivity index (χ1) is 14.9. The monoisotopic (exact) mass is 436 g/mol. The average Bonchev–Trinajstić information content (AvgIpc) is 3.48. The number of carbonyl (C=O) groups excluding carboxylic acids is 2. The van der Waals surface area contributed by atoms with Crippen molar-refractivity contribution in [1.82, 2.24) is 10.2 Å². The Hall–Kier alpha value is -3.46. The summed E-state index contributed by atoms with van der Waals surface area (Å²) >= 11 is 0. The zero-order chi connectivity index (χ0) is 21.8. The highest BCUT2D eigenvalue weighted by atomic mass is 32.2. The van der Waals surface area contributed by atoms with Gasteiger partial charge in [-0.25, -0.2) is 8.42 Å². The van der Waals surface area contributed by atoms with Gasteiger partial charge in [0.2, 0.25) is 5.91 Å². The molecule has 2 heterocycles. The normalized spacial score (nSPS) is 18.0. The summed E-state index contributed by atoms with van der Waals surface area (Å²) in [5.74, 6) is -0.294. The van der Waals surface area contributed by atoms with Crippen molar-refractivity contribution >= 4 is 33.3 Å². The van der Waals surface area contributed by atoms with Crippen LogP contribution in [0.3, 0.4) is 0 Å². The fourth-order valence-electron chi connectivity index (χ4n) is 3.73. The number of benzene rings is 2. The maximum absolute atomic E-state index is 12.8. The molecule has 1 aromatic heterocycles. The van der Waals surface area contributed by atoms with Gasteiger partial charge in [0, 0.05) is 17.7 Å². The fraction of sp³-hybridized carbons (Fsp3) is 0.227. The van der Waals surface area contributed by atoms with Crippen LogP contribution in [0.2, 0.25) is 0 Å². The number of aromatic nitrogens is 2. The molecule has 0 spiro atoms. The smallest absolute Gasteiger partial charge is 0.273 e. The van der Waals surface area contributed by atoms with E-state index in [9.17, 15) is 18.0 Å². The molecule has 8 nitrogen and oxygen atoms in total. The number of fused-ring (bicyclic) bond motifs is 1. The summed E-state index contributed by atoms with van der Waals surface area (Å²) in [5, 5.41) is 9.89. The van der Waals surface area contributed by atoms with Crippen LogP contribution in [-0.2, 0) is 14.8 Å². The van der Waals surface area contributed by atoms with Gasteiger partial charge >= 0.3 is 0 Å². The predicted octanol–water partition coefficient (Wildman–Crippen LogP) is 3.38. The molecule has 1 aliphatic heterocycles. The summed E-state index contributed by atoms with van der Waals surface area (Å²) in [6.07, 6.45) is 2.28. The number of nitrogens with one attached hydrogen (secondary N) is 2. The molecule has 2 aliphatic rings. The Balaban J connectivity index is 1.33. The second kappa shape index (κ2) is 7.05. The molecule has 1 saturated carbocycles. The minimum atomic E-state index is -3.95. The minimum absolute atomic E-state index is 0.00129. The average molecular weight is 436 g/mol. The van der Waals surface area contributed by atoms with E-state index in [0.717, 1.165) is 22.8 Å². The molecule has 5 rings (SSSR count). The highest BCUT2D eigenvalue weighted by molar-refractivity contribution is 7.94. The summed E-state index contributed by atoms with van der Waals surface area (Å²) < 4.78 is 26.4. The van der Waals surface area contributed by atoms with Crippen LogP contribution in [0.15, 0.2) is 59.5 Å². The zero-order valence-corrected chi connectivity index (χ0v) is 17.5. The topological polar surface area (TPSA) is 112 Å². The van der Waals surface area contributed by atoms with Crippen molar-refractivity contribution in [2.24, 2.45) is 0 Å². The van der Waals surface area contributed by atoms with Crippen LogP contribution in [0.1, 0.15) is 53.2 Å². The number of carbonyl (C=O) groups is 2. The van der Waals surface area contributed by atoms with Crippen molar-refractivity contribution in [2.45, 2.75) is 36.5 Å². The molecule has 1 atom stereocenters. The molecule has 2 aromatic carbocycles. The third kappa shape index (κ3) is 3.31. The van der Waals surface area contributed by atoms with Gasteiger partial charge in [-0.05, 0) is 49.6 Å². The van der Waals surface area contributed by atoms with E-state index in [-0.39, 0.29) is 22.1 Å². The van der Waals surface area contributed by atoms with Crippen LogP contribution in [0, 0.1) is 0 Å². The fourth-order valence-corrected chi connectivity index (χ4v) is 5.33. The molecule has 0 radical (unpaired) electrons. The van der Waals surface area contributed by atoms with Crippen LogP contribution < -0.4 is 9.62 Å². The molecule has 0 bridgehead atoms. The van der Waals surface area contributed by atoms with Crippen molar-refractivity contribution in [2.75, 3.05) is 9.62 Å². The Bertz CT molecular complexity index is 1290. The van der Waals surface area contributed by atoms with E-state index in [4.69, 9.17) is 0 Å². The van der Waals surface area contributed by atoms with Gasteiger partial charge < -0.3 is 5.32 Å². The lowest BCUT2D eigenvalue weighted by Crippen LogP contribution is -2.29. The van der Waals surface area contributed by atoms with Crippen molar-refractivity contribution in [3.8, 4) is 0 Å². The third-order valence-corrected chi connectivity index (χ3v) is 7.48. The van der Waals surface area contributed by atoms with Crippen molar-refractivity contribution in [3.05, 3.63) is 71.4 Å². The molecule has 2 amide bonds. The lowest BCUT2D eigenvalue weighted by atomic mass is 10.00. The van der Waals surface area contributed by atoms with Crippen molar-refractivity contribution < 1.29 is 18.0 Å².